The van der Waals surface area contributed by atoms with Gasteiger partial charge in [0.05, 0.1) is 24.1 Å². The van der Waals surface area contributed by atoms with Crippen LogP contribution in [-0.4, -0.2) is 25.8 Å². The maximum atomic E-state index is 10.7. The molecule has 0 aliphatic rings. The van der Waals surface area contributed by atoms with Gasteiger partial charge < -0.3 is 14.8 Å². The molecule has 3 heterocycles. The van der Waals surface area contributed by atoms with Gasteiger partial charge in [-0.25, -0.2) is 9.78 Å². The van der Waals surface area contributed by atoms with Crippen molar-refractivity contribution in [2.45, 2.75) is 13.5 Å². The van der Waals surface area contributed by atoms with Crippen LogP contribution in [0.2, 0.25) is 0 Å². The molecule has 0 amide bonds. The first-order chi connectivity index (χ1) is 10.0. The van der Waals surface area contributed by atoms with E-state index in [9.17, 15) is 4.79 Å². The number of aryl methyl sites for hydroxylation is 2. The molecule has 0 aromatic carbocycles. The normalized spacial score (nSPS) is 11.0. The smallest absolute Gasteiger partial charge is 0.371 e. The Kier molecular flexibility index (Phi) is 3.09. The molecular weight excluding hydrogens is 272 g/mol. The average Bonchev–Trinajstić information content (AvgIpc) is 3.03. The van der Waals surface area contributed by atoms with Crippen molar-refractivity contribution in [2.24, 2.45) is 7.05 Å². The summed E-state index contributed by atoms with van der Waals surface area (Å²) in [6.07, 6.45) is 1.71. The van der Waals surface area contributed by atoms with Gasteiger partial charge >= 0.3 is 5.97 Å². The van der Waals surface area contributed by atoms with E-state index in [4.69, 9.17) is 9.52 Å². The van der Waals surface area contributed by atoms with E-state index in [0.717, 1.165) is 22.4 Å². The monoisotopic (exact) mass is 286 g/mol. The van der Waals surface area contributed by atoms with E-state index in [2.05, 4.69) is 15.4 Å². The van der Waals surface area contributed by atoms with E-state index >= 15 is 0 Å². The number of carboxylic acid groups (broad SMARTS) is 1. The van der Waals surface area contributed by atoms with Crippen LogP contribution in [0.4, 0.5) is 5.69 Å². The highest BCUT2D eigenvalue weighted by molar-refractivity contribution is 5.84. The van der Waals surface area contributed by atoms with Crippen LogP contribution >= 0.6 is 0 Å². The summed E-state index contributed by atoms with van der Waals surface area (Å²) in [5, 5.41) is 17.3. The van der Waals surface area contributed by atoms with Crippen molar-refractivity contribution in [3.8, 4) is 0 Å². The SMILES string of the molecule is Cc1nn(C)c2ncc(NCc3ccc(C(=O)O)o3)cc12. The summed E-state index contributed by atoms with van der Waals surface area (Å²) in [7, 11) is 1.85. The van der Waals surface area contributed by atoms with Crippen LogP contribution in [0.1, 0.15) is 22.0 Å². The minimum absolute atomic E-state index is 0.0662. The number of furan rings is 1. The molecule has 3 aromatic rings. The number of rotatable bonds is 4. The maximum Gasteiger partial charge on any atom is 0.371 e. The Morgan fingerprint density at radius 1 is 1.48 bits per heavy atom. The first kappa shape index (κ1) is 13.2. The molecule has 7 nitrogen and oxygen atoms in total. The zero-order valence-electron chi connectivity index (χ0n) is 11.6. The van der Waals surface area contributed by atoms with Crippen LogP contribution in [-0.2, 0) is 13.6 Å². The Labute approximate surface area is 120 Å². The number of aromatic carboxylic acids is 1. The van der Waals surface area contributed by atoms with Gasteiger partial charge in [0.2, 0.25) is 5.76 Å². The van der Waals surface area contributed by atoms with Crippen LogP contribution < -0.4 is 5.32 Å². The summed E-state index contributed by atoms with van der Waals surface area (Å²) in [5.41, 5.74) is 2.56. The Balaban J connectivity index is 1.78. The van der Waals surface area contributed by atoms with Crippen molar-refractivity contribution < 1.29 is 14.3 Å². The van der Waals surface area contributed by atoms with Crippen molar-refractivity contribution in [2.75, 3.05) is 5.32 Å². The molecule has 21 heavy (non-hydrogen) atoms. The predicted octanol–water partition coefficient (Wildman–Crippen LogP) is 2.18. The molecule has 0 spiro atoms. The van der Waals surface area contributed by atoms with Gasteiger partial charge in [-0.2, -0.15) is 5.10 Å². The number of pyridine rings is 1. The molecule has 7 heteroatoms. The number of fused-ring (bicyclic) bond motifs is 1. The standard InChI is InChI=1S/C14H14N4O3/c1-8-11-5-9(6-16-13(11)18(2)17-8)15-7-10-3-4-12(21-10)14(19)20/h3-6,15H,7H2,1-2H3,(H,19,20). The van der Waals surface area contributed by atoms with E-state index < -0.39 is 5.97 Å². The molecular formula is C14H14N4O3. The lowest BCUT2D eigenvalue weighted by Crippen LogP contribution is -1.99. The van der Waals surface area contributed by atoms with Crippen LogP contribution in [0, 0.1) is 6.92 Å². The first-order valence-corrected chi connectivity index (χ1v) is 6.40. The Morgan fingerprint density at radius 3 is 3.00 bits per heavy atom. The highest BCUT2D eigenvalue weighted by Crippen LogP contribution is 2.20. The number of aromatic nitrogens is 3. The van der Waals surface area contributed by atoms with Crippen molar-refractivity contribution in [1.82, 2.24) is 14.8 Å². The summed E-state index contributed by atoms with van der Waals surface area (Å²) in [6.45, 7) is 2.32. The van der Waals surface area contributed by atoms with Crippen LogP contribution in [0.15, 0.2) is 28.8 Å². The van der Waals surface area contributed by atoms with Gasteiger partial charge in [-0.3, -0.25) is 4.68 Å². The number of anilines is 1. The molecule has 0 aliphatic heterocycles. The molecule has 0 atom stereocenters. The quantitative estimate of drug-likeness (QED) is 0.763. The summed E-state index contributed by atoms with van der Waals surface area (Å²) < 4.78 is 6.92. The lowest BCUT2D eigenvalue weighted by atomic mass is 10.2. The average molecular weight is 286 g/mol. The van der Waals surface area contributed by atoms with Gasteiger partial charge in [0.1, 0.15) is 5.76 Å². The zero-order chi connectivity index (χ0) is 15.0. The van der Waals surface area contributed by atoms with Crippen LogP contribution in [0.3, 0.4) is 0 Å². The second-order valence-electron chi connectivity index (χ2n) is 4.73. The third-order valence-electron chi connectivity index (χ3n) is 3.20. The summed E-state index contributed by atoms with van der Waals surface area (Å²) in [5.74, 6) is -0.589. The third kappa shape index (κ3) is 2.45. The van der Waals surface area contributed by atoms with Gasteiger partial charge in [0.15, 0.2) is 5.65 Å². The van der Waals surface area contributed by atoms with E-state index in [1.54, 1.807) is 16.9 Å². The molecule has 108 valence electrons. The van der Waals surface area contributed by atoms with Gasteiger partial charge in [-0.05, 0) is 25.1 Å². The third-order valence-corrected chi connectivity index (χ3v) is 3.20. The predicted molar refractivity (Wildman–Crippen MR) is 76.2 cm³/mol. The van der Waals surface area contributed by atoms with Crippen molar-refractivity contribution in [3.63, 3.8) is 0 Å². The highest BCUT2D eigenvalue weighted by Gasteiger charge is 2.10. The topological polar surface area (TPSA) is 93.2 Å². The molecule has 0 aliphatic carbocycles. The number of nitrogens with one attached hydrogen (secondary N) is 1. The molecule has 0 saturated carbocycles. The summed E-state index contributed by atoms with van der Waals surface area (Å²) in [6, 6.07) is 5.04. The fourth-order valence-electron chi connectivity index (χ4n) is 2.18. The summed E-state index contributed by atoms with van der Waals surface area (Å²) in [4.78, 5) is 15.1. The number of hydrogen-bond donors (Lipinski definition) is 2. The fourth-order valence-corrected chi connectivity index (χ4v) is 2.18. The van der Waals surface area contributed by atoms with Crippen LogP contribution in [0.25, 0.3) is 11.0 Å². The lowest BCUT2D eigenvalue weighted by molar-refractivity contribution is 0.0660. The Morgan fingerprint density at radius 2 is 2.29 bits per heavy atom. The maximum absolute atomic E-state index is 10.7. The largest absolute Gasteiger partial charge is 0.475 e. The molecule has 0 bridgehead atoms. The van der Waals surface area contributed by atoms with Crippen molar-refractivity contribution in [1.29, 1.82) is 0 Å². The van der Waals surface area contributed by atoms with E-state index in [1.807, 2.05) is 20.0 Å². The van der Waals surface area contributed by atoms with E-state index in [-0.39, 0.29) is 5.76 Å². The lowest BCUT2D eigenvalue weighted by Gasteiger charge is -2.04. The van der Waals surface area contributed by atoms with Gasteiger partial charge in [0.25, 0.3) is 0 Å². The van der Waals surface area contributed by atoms with Gasteiger partial charge in [0, 0.05) is 12.4 Å². The highest BCUT2D eigenvalue weighted by atomic mass is 16.4. The molecule has 0 saturated heterocycles. The van der Waals surface area contributed by atoms with Crippen molar-refractivity contribution >= 4 is 22.7 Å². The minimum Gasteiger partial charge on any atom is -0.475 e. The van der Waals surface area contributed by atoms with Crippen LogP contribution in [0.5, 0.6) is 0 Å². The number of carboxylic acids is 1. The van der Waals surface area contributed by atoms with Gasteiger partial charge in [-0.1, -0.05) is 0 Å². The van der Waals surface area contributed by atoms with E-state index in [1.165, 1.54) is 6.07 Å². The Bertz CT molecular complexity index is 819. The second-order valence-corrected chi connectivity index (χ2v) is 4.73. The number of nitrogens with zero attached hydrogens (tertiary/aromatic N) is 3. The molecule has 3 rings (SSSR count). The number of hydrogen-bond acceptors (Lipinski definition) is 5. The molecule has 0 radical (unpaired) electrons. The molecule has 0 fully saturated rings. The zero-order valence-corrected chi connectivity index (χ0v) is 11.6. The number of carbonyl (C=O) groups is 1. The second kappa shape index (κ2) is 4.93. The van der Waals surface area contributed by atoms with E-state index in [0.29, 0.717) is 12.3 Å². The molecule has 2 N–H and O–H groups in total. The minimum atomic E-state index is -1.07. The fraction of sp³-hybridized carbons (Fsp3) is 0.214. The van der Waals surface area contributed by atoms with Crippen molar-refractivity contribution in [3.05, 3.63) is 41.6 Å². The van der Waals surface area contributed by atoms with Gasteiger partial charge in [-0.15, -0.1) is 0 Å². The Hall–Kier alpha value is -2.83. The molecule has 3 aromatic heterocycles. The summed E-state index contributed by atoms with van der Waals surface area (Å²) >= 11 is 0. The molecule has 0 unspecified atom stereocenters. The first-order valence-electron chi connectivity index (χ1n) is 6.40.